The zero-order chi connectivity index (χ0) is 11.5. The average molecular weight is 284 g/mol. The van der Waals surface area contributed by atoms with Crippen molar-refractivity contribution in [3.05, 3.63) is 29.6 Å². The van der Waals surface area contributed by atoms with Crippen LogP contribution in [-0.2, 0) is 11.2 Å². The maximum Gasteiger partial charge on any atom is 0.0551 e. The lowest BCUT2D eigenvalue weighted by Gasteiger charge is -2.15. The SMILES string of the molecule is Cc1ccc(CC(Br)C2COC(C)C2)nc1. The third-order valence-electron chi connectivity index (χ3n) is 3.12. The van der Waals surface area contributed by atoms with Gasteiger partial charge in [-0.15, -0.1) is 0 Å². The molecular weight excluding hydrogens is 266 g/mol. The van der Waals surface area contributed by atoms with Crippen LogP contribution < -0.4 is 0 Å². The third kappa shape index (κ3) is 3.05. The van der Waals surface area contributed by atoms with Gasteiger partial charge >= 0.3 is 0 Å². The molecule has 1 aliphatic heterocycles. The van der Waals surface area contributed by atoms with Crippen molar-refractivity contribution in [2.45, 2.75) is 37.6 Å². The topological polar surface area (TPSA) is 22.1 Å². The smallest absolute Gasteiger partial charge is 0.0551 e. The van der Waals surface area contributed by atoms with E-state index in [2.05, 4.69) is 46.9 Å². The molecular formula is C13H18BrNO. The van der Waals surface area contributed by atoms with Crippen LogP contribution in [0.2, 0.25) is 0 Å². The molecule has 3 unspecified atom stereocenters. The van der Waals surface area contributed by atoms with E-state index >= 15 is 0 Å². The van der Waals surface area contributed by atoms with Crippen molar-refractivity contribution in [2.75, 3.05) is 6.61 Å². The zero-order valence-corrected chi connectivity index (χ0v) is 11.4. The van der Waals surface area contributed by atoms with Crippen LogP contribution >= 0.6 is 15.9 Å². The van der Waals surface area contributed by atoms with Crippen molar-refractivity contribution in [3.8, 4) is 0 Å². The van der Waals surface area contributed by atoms with E-state index in [4.69, 9.17) is 4.74 Å². The highest BCUT2D eigenvalue weighted by molar-refractivity contribution is 9.09. The van der Waals surface area contributed by atoms with Crippen molar-refractivity contribution >= 4 is 15.9 Å². The summed E-state index contributed by atoms with van der Waals surface area (Å²) in [7, 11) is 0. The number of pyridine rings is 1. The van der Waals surface area contributed by atoms with Crippen LogP contribution in [0.3, 0.4) is 0 Å². The van der Waals surface area contributed by atoms with Gasteiger partial charge in [0.2, 0.25) is 0 Å². The lowest BCUT2D eigenvalue weighted by molar-refractivity contribution is 0.120. The van der Waals surface area contributed by atoms with Crippen LogP contribution in [0.25, 0.3) is 0 Å². The molecule has 1 saturated heterocycles. The first-order valence-corrected chi connectivity index (χ1v) is 6.74. The molecule has 0 spiro atoms. The summed E-state index contributed by atoms with van der Waals surface area (Å²) in [5.41, 5.74) is 2.37. The van der Waals surface area contributed by atoms with Gasteiger partial charge in [0.15, 0.2) is 0 Å². The lowest BCUT2D eigenvalue weighted by Crippen LogP contribution is -2.17. The Morgan fingerprint density at radius 3 is 2.94 bits per heavy atom. The van der Waals surface area contributed by atoms with E-state index in [0.29, 0.717) is 16.8 Å². The third-order valence-corrected chi connectivity index (χ3v) is 4.19. The number of hydrogen-bond acceptors (Lipinski definition) is 2. The molecule has 2 heterocycles. The van der Waals surface area contributed by atoms with Gasteiger partial charge in [-0.2, -0.15) is 0 Å². The molecule has 1 fully saturated rings. The number of nitrogens with zero attached hydrogens (tertiary/aromatic N) is 1. The Bertz CT molecular complexity index is 338. The summed E-state index contributed by atoms with van der Waals surface area (Å²) < 4.78 is 5.59. The molecule has 0 aromatic carbocycles. The fraction of sp³-hybridized carbons (Fsp3) is 0.615. The number of alkyl halides is 1. The van der Waals surface area contributed by atoms with Gasteiger partial charge in [-0.25, -0.2) is 0 Å². The van der Waals surface area contributed by atoms with Crippen LogP contribution in [-0.4, -0.2) is 22.5 Å². The highest BCUT2D eigenvalue weighted by atomic mass is 79.9. The Kier molecular flexibility index (Phi) is 3.98. The molecule has 0 amide bonds. The molecule has 0 bridgehead atoms. The van der Waals surface area contributed by atoms with Crippen LogP contribution in [0.5, 0.6) is 0 Å². The van der Waals surface area contributed by atoms with Gasteiger partial charge in [0, 0.05) is 23.1 Å². The Morgan fingerprint density at radius 1 is 1.56 bits per heavy atom. The molecule has 16 heavy (non-hydrogen) atoms. The highest BCUT2D eigenvalue weighted by Gasteiger charge is 2.28. The van der Waals surface area contributed by atoms with Crippen LogP contribution in [0.1, 0.15) is 24.6 Å². The van der Waals surface area contributed by atoms with Crippen molar-refractivity contribution < 1.29 is 4.74 Å². The number of ether oxygens (including phenoxy) is 1. The molecule has 2 nitrogen and oxygen atoms in total. The van der Waals surface area contributed by atoms with Gasteiger partial charge in [0.1, 0.15) is 0 Å². The van der Waals surface area contributed by atoms with E-state index in [9.17, 15) is 0 Å². The second-order valence-corrected chi connectivity index (χ2v) is 5.86. The normalized spacial score (nSPS) is 26.9. The predicted molar refractivity (Wildman–Crippen MR) is 68.9 cm³/mol. The number of hydrogen-bond donors (Lipinski definition) is 0. The molecule has 0 saturated carbocycles. The summed E-state index contributed by atoms with van der Waals surface area (Å²) in [5, 5.41) is 0. The molecule has 0 N–H and O–H groups in total. The maximum absolute atomic E-state index is 5.59. The quantitative estimate of drug-likeness (QED) is 0.796. The summed E-state index contributed by atoms with van der Waals surface area (Å²) in [6.45, 7) is 5.08. The molecule has 3 heteroatoms. The molecule has 3 atom stereocenters. The minimum atomic E-state index is 0.413. The fourth-order valence-corrected chi connectivity index (χ4v) is 2.79. The minimum Gasteiger partial charge on any atom is -0.378 e. The molecule has 1 aromatic rings. The molecule has 2 rings (SSSR count). The van der Waals surface area contributed by atoms with Gasteiger partial charge in [-0.1, -0.05) is 22.0 Å². The Hall–Kier alpha value is -0.410. The van der Waals surface area contributed by atoms with Gasteiger partial charge in [-0.3, -0.25) is 4.98 Å². The zero-order valence-electron chi connectivity index (χ0n) is 9.82. The van der Waals surface area contributed by atoms with Crippen molar-refractivity contribution in [2.24, 2.45) is 5.92 Å². The first-order chi connectivity index (χ1) is 7.65. The summed E-state index contributed by atoms with van der Waals surface area (Å²) in [5.74, 6) is 0.623. The number of aromatic nitrogens is 1. The highest BCUT2D eigenvalue weighted by Crippen LogP contribution is 2.28. The van der Waals surface area contributed by atoms with Gasteiger partial charge in [0.05, 0.1) is 12.7 Å². The molecule has 1 aromatic heterocycles. The Labute approximate surface area is 106 Å². The second-order valence-electron chi connectivity index (χ2n) is 4.69. The summed E-state index contributed by atoms with van der Waals surface area (Å²) in [4.78, 5) is 4.92. The van der Waals surface area contributed by atoms with Crippen LogP contribution in [0, 0.1) is 12.8 Å². The summed E-state index contributed by atoms with van der Waals surface area (Å²) in [6, 6.07) is 4.23. The largest absolute Gasteiger partial charge is 0.378 e. The first-order valence-electron chi connectivity index (χ1n) is 5.82. The van der Waals surface area contributed by atoms with Gasteiger partial charge < -0.3 is 4.74 Å². The lowest BCUT2D eigenvalue weighted by atomic mass is 9.99. The molecule has 1 aliphatic rings. The Morgan fingerprint density at radius 2 is 2.38 bits per heavy atom. The van der Waals surface area contributed by atoms with Gasteiger partial charge in [-0.05, 0) is 37.8 Å². The van der Waals surface area contributed by atoms with E-state index in [1.165, 1.54) is 5.56 Å². The number of aryl methyl sites for hydroxylation is 1. The first kappa shape index (κ1) is 12.1. The van der Waals surface area contributed by atoms with E-state index in [1.54, 1.807) is 0 Å². The molecule has 88 valence electrons. The van der Waals surface area contributed by atoms with E-state index < -0.39 is 0 Å². The predicted octanol–water partition coefficient (Wildman–Crippen LogP) is 3.12. The van der Waals surface area contributed by atoms with Crippen molar-refractivity contribution in [3.63, 3.8) is 0 Å². The van der Waals surface area contributed by atoms with Gasteiger partial charge in [0.25, 0.3) is 0 Å². The standard InChI is InChI=1S/C13H18BrNO/c1-9-3-4-12(15-7-9)6-13(14)11-5-10(2)16-8-11/h3-4,7,10-11,13H,5-6,8H2,1-2H3. The van der Waals surface area contributed by atoms with E-state index in [-0.39, 0.29) is 0 Å². The van der Waals surface area contributed by atoms with Crippen LogP contribution in [0.15, 0.2) is 18.3 Å². The fourth-order valence-electron chi connectivity index (χ4n) is 2.09. The van der Waals surface area contributed by atoms with E-state index in [0.717, 1.165) is 25.1 Å². The number of halogens is 1. The number of rotatable bonds is 3. The minimum absolute atomic E-state index is 0.413. The summed E-state index contributed by atoms with van der Waals surface area (Å²) >= 11 is 3.77. The average Bonchev–Trinajstić information content (AvgIpc) is 2.68. The molecule has 0 aliphatic carbocycles. The Balaban J connectivity index is 1.91. The van der Waals surface area contributed by atoms with Crippen molar-refractivity contribution in [1.29, 1.82) is 0 Å². The second kappa shape index (κ2) is 5.28. The summed E-state index contributed by atoms with van der Waals surface area (Å²) in [6.07, 6.45) is 4.49. The monoisotopic (exact) mass is 283 g/mol. The van der Waals surface area contributed by atoms with Crippen molar-refractivity contribution in [1.82, 2.24) is 4.98 Å². The van der Waals surface area contributed by atoms with Crippen LogP contribution in [0.4, 0.5) is 0 Å². The maximum atomic E-state index is 5.59. The van der Waals surface area contributed by atoms with E-state index in [1.807, 2.05) is 6.20 Å². The molecule has 0 radical (unpaired) electrons.